The van der Waals surface area contributed by atoms with Crippen LogP contribution >= 0.6 is 11.6 Å². The number of nitrogens with two attached hydrogens (primary N) is 1. The van der Waals surface area contributed by atoms with Gasteiger partial charge in [-0.3, -0.25) is 4.79 Å². The van der Waals surface area contributed by atoms with Crippen LogP contribution in [0.1, 0.15) is 30.0 Å². The molecule has 1 spiro atoms. The van der Waals surface area contributed by atoms with Gasteiger partial charge < -0.3 is 20.5 Å². The molecule has 4 rings (SSSR count). The Morgan fingerprint density at radius 1 is 1.19 bits per heavy atom. The summed E-state index contributed by atoms with van der Waals surface area (Å²) in [6.45, 7) is 1.10. The number of ether oxygens (including phenoxy) is 1. The van der Waals surface area contributed by atoms with Crippen molar-refractivity contribution in [1.82, 2.24) is 4.90 Å². The summed E-state index contributed by atoms with van der Waals surface area (Å²) in [5, 5.41) is 11.3. The van der Waals surface area contributed by atoms with Gasteiger partial charge in [-0.25, -0.2) is 0 Å². The smallest absolute Gasteiger partial charge is 0.260 e. The van der Waals surface area contributed by atoms with Crippen LogP contribution in [0.2, 0.25) is 5.02 Å². The van der Waals surface area contributed by atoms with Crippen molar-refractivity contribution in [1.29, 1.82) is 0 Å². The summed E-state index contributed by atoms with van der Waals surface area (Å²) in [4.78, 5) is 14.3. The highest BCUT2D eigenvalue weighted by molar-refractivity contribution is 6.32. The molecule has 27 heavy (non-hydrogen) atoms. The number of hydrogen-bond donors (Lipinski definition) is 2. The summed E-state index contributed by atoms with van der Waals surface area (Å²) in [7, 11) is 0. The summed E-state index contributed by atoms with van der Waals surface area (Å²) in [6, 6.07) is 14.7. The first-order valence-corrected chi connectivity index (χ1v) is 9.59. The highest BCUT2D eigenvalue weighted by Crippen LogP contribution is 2.49. The number of likely N-dealkylation sites (tertiary alicyclic amines) is 1. The van der Waals surface area contributed by atoms with Crippen LogP contribution in [0.4, 0.5) is 0 Å². The molecule has 2 aromatic carbocycles. The van der Waals surface area contributed by atoms with E-state index >= 15 is 0 Å². The van der Waals surface area contributed by atoms with Crippen molar-refractivity contribution in [3.05, 3.63) is 64.7 Å². The Morgan fingerprint density at radius 2 is 1.85 bits per heavy atom. The first-order valence-electron chi connectivity index (χ1n) is 9.21. The molecule has 0 aromatic heterocycles. The van der Waals surface area contributed by atoms with E-state index < -0.39 is 6.10 Å². The second-order valence-electron chi connectivity index (χ2n) is 7.31. The monoisotopic (exact) mass is 386 g/mol. The Hall–Kier alpha value is -2.08. The zero-order valence-electron chi connectivity index (χ0n) is 15.0. The van der Waals surface area contributed by atoms with Gasteiger partial charge in [-0.2, -0.15) is 0 Å². The van der Waals surface area contributed by atoms with Crippen molar-refractivity contribution in [2.45, 2.75) is 30.4 Å². The first kappa shape index (κ1) is 18.3. The van der Waals surface area contributed by atoms with Gasteiger partial charge in [0.2, 0.25) is 0 Å². The van der Waals surface area contributed by atoms with Crippen molar-refractivity contribution >= 4 is 17.5 Å². The number of piperidine rings is 1. The molecule has 1 fully saturated rings. The minimum atomic E-state index is -0.619. The number of aliphatic hydroxyl groups is 1. The number of aliphatic hydroxyl groups excluding tert-OH is 1. The van der Waals surface area contributed by atoms with Gasteiger partial charge in [0.1, 0.15) is 5.75 Å². The maximum absolute atomic E-state index is 12.5. The molecule has 1 amide bonds. The molecule has 1 aliphatic heterocycles. The molecule has 6 heteroatoms. The van der Waals surface area contributed by atoms with Crippen LogP contribution in [-0.2, 0) is 10.2 Å². The lowest BCUT2D eigenvalue weighted by Crippen LogP contribution is -2.51. The molecule has 0 unspecified atom stereocenters. The van der Waals surface area contributed by atoms with E-state index in [4.69, 9.17) is 22.1 Å². The van der Waals surface area contributed by atoms with Crippen molar-refractivity contribution in [2.24, 2.45) is 5.73 Å². The molecule has 3 N–H and O–H groups in total. The van der Waals surface area contributed by atoms with Crippen molar-refractivity contribution in [2.75, 3.05) is 19.7 Å². The van der Waals surface area contributed by atoms with Gasteiger partial charge in [-0.05, 0) is 36.1 Å². The number of halogens is 1. The first-order chi connectivity index (χ1) is 13.0. The molecule has 2 aromatic rings. The quantitative estimate of drug-likeness (QED) is 0.850. The second-order valence-corrected chi connectivity index (χ2v) is 7.72. The number of para-hydroxylation sites is 1. The predicted octanol–water partition coefficient (Wildman–Crippen LogP) is 2.65. The Balaban J connectivity index is 1.42. The third kappa shape index (κ3) is 3.10. The van der Waals surface area contributed by atoms with E-state index in [1.165, 1.54) is 0 Å². The summed E-state index contributed by atoms with van der Waals surface area (Å²) in [5.74, 6) is 0.432. The van der Waals surface area contributed by atoms with Crippen molar-refractivity contribution in [3.8, 4) is 5.75 Å². The molecule has 2 aliphatic rings. The standard InChI is InChI=1S/C21H23ClN2O3/c22-16-7-3-4-8-17(16)27-13-18(25)24-11-9-21(10-12-24)15-6-2-1-5-14(15)19(23)20(21)26/h1-8,19-20,26H,9-13,23H2/t19-,20+/m1/s1. The van der Waals surface area contributed by atoms with Gasteiger partial charge in [0.25, 0.3) is 5.91 Å². The highest BCUT2D eigenvalue weighted by atomic mass is 35.5. The molecule has 142 valence electrons. The second kappa shape index (κ2) is 7.15. The van der Waals surface area contributed by atoms with Gasteiger partial charge in [-0.15, -0.1) is 0 Å². The molecular formula is C21H23ClN2O3. The van der Waals surface area contributed by atoms with E-state index in [0.717, 1.165) is 11.1 Å². The van der Waals surface area contributed by atoms with Crippen LogP contribution < -0.4 is 10.5 Å². The Morgan fingerprint density at radius 3 is 2.59 bits per heavy atom. The number of fused-ring (bicyclic) bond motifs is 2. The van der Waals surface area contributed by atoms with E-state index in [-0.39, 0.29) is 24.0 Å². The number of carbonyl (C=O) groups excluding carboxylic acids is 1. The fraction of sp³-hybridized carbons (Fsp3) is 0.381. The van der Waals surface area contributed by atoms with Gasteiger partial charge in [0.05, 0.1) is 17.2 Å². The maximum atomic E-state index is 12.5. The van der Waals surface area contributed by atoms with E-state index in [1.807, 2.05) is 30.3 Å². The summed E-state index contributed by atoms with van der Waals surface area (Å²) in [6.07, 6.45) is 0.763. The topological polar surface area (TPSA) is 75.8 Å². The van der Waals surface area contributed by atoms with Crippen LogP contribution in [0.3, 0.4) is 0 Å². The van der Waals surface area contributed by atoms with Crippen LogP contribution in [0.25, 0.3) is 0 Å². The van der Waals surface area contributed by atoms with Crippen LogP contribution in [0, 0.1) is 0 Å². The van der Waals surface area contributed by atoms with E-state index in [0.29, 0.717) is 36.7 Å². The van der Waals surface area contributed by atoms with Gasteiger partial charge >= 0.3 is 0 Å². The van der Waals surface area contributed by atoms with Crippen molar-refractivity contribution in [3.63, 3.8) is 0 Å². The molecule has 1 heterocycles. The number of amides is 1. The molecular weight excluding hydrogens is 364 g/mol. The fourth-order valence-electron chi connectivity index (χ4n) is 4.43. The lowest BCUT2D eigenvalue weighted by atomic mass is 9.72. The van der Waals surface area contributed by atoms with Crippen LogP contribution in [-0.4, -0.2) is 41.7 Å². The fourth-order valence-corrected chi connectivity index (χ4v) is 4.62. The molecule has 2 atom stereocenters. The Labute approximate surface area is 163 Å². The van der Waals surface area contributed by atoms with E-state index in [9.17, 15) is 9.90 Å². The maximum Gasteiger partial charge on any atom is 0.260 e. The minimum Gasteiger partial charge on any atom is -0.482 e. The van der Waals surface area contributed by atoms with Gasteiger partial charge in [0, 0.05) is 18.5 Å². The summed E-state index contributed by atoms with van der Waals surface area (Å²) >= 11 is 6.06. The number of rotatable bonds is 3. The average Bonchev–Trinajstić information content (AvgIpc) is 2.90. The molecule has 0 radical (unpaired) electrons. The predicted molar refractivity (Wildman–Crippen MR) is 104 cm³/mol. The van der Waals surface area contributed by atoms with Gasteiger partial charge in [0.15, 0.2) is 6.61 Å². The van der Waals surface area contributed by atoms with Crippen LogP contribution in [0.5, 0.6) is 5.75 Å². The van der Waals surface area contributed by atoms with E-state index in [2.05, 4.69) is 6.07 Å². The van der Waals surface area contributed by atoms with Gasteiger partial charge in [-0.1, -0.05) is 48.0 Å². The van der Waals surface area contributed by atoms with Crippen molar-refractivity contribution < 1.29 is 14.6 Å². The third-order valence-corrected chi connectivity index (χ3v) is 6.27. The zero-order valence-corrected chi connectivity index (χ0v) is 15.7. The Bertz CT molecular complexity index is 849. The molecule has 1 aliphatic carbocycles. The molecule has 0 bridgehead atoms. The Kier molecular flexibility index (Phi) is 4.84. The highest BCUT2D eigenvalue weighted by Gasteiger charge is 2.51. The van der Waals surface area contributed by atoms with E-state index in [1.54, 1.807) is 17.0 Å². The average molecular weight is 387 g/mol. The summed E-state index contributed by atoms with van der Waals surface area (Å²) < 4.78 is 5.57. The number of carbonyl (C=O) groups is 1. The zero-order chi connectivity index (χ0) is 19.0. The SMILES string of the molecule is N[C@@H]1c2ccccc2C2(CCN(C(=O)COc3ccccc3Cl)CC2)[C@H]1O. The normalized spacial score (nSPS) is 23.3. The lowest BCUT2D eigenvalue weighted by Gasteiger charge is -2.42. The number of hydrogen-bond acceptors (Lipinski definition) is 4. The minimum absolute atomic E-state index is 0.0462. The third-order valence-electron chi connectivity index (χ3n) is 5.96. The molecule has 0 saturated carbocycles. The molecule has 1 saturated heterocycles. The molecule has 5 nitrogen and oxygen atoms in total. The van der Waals surface area contributed by atoms with Crippen LogP contribution in [0.15, 0.2) is 48.5 Å². The number of benzene rings is 2. The summed E-state index contributed by atoms with van der Waals surface area (Å²) in [5.41, 5.74) is 8.04. The number of nitrogens with zero attached hydrogens (tertiary/aromatic N) is 1. The largest absolute Gasteiger partial charge is 0.482 e. The lowest BCUT2D eigenvalue weighted by molar-refractivity contribution is -0.135.